The van der Waals surface area contributed by atoms with Gasteiger partial charge < -0.3 is 10.6 Å². The molecule has 0 saturated carbocycles. The third kappa shape index (κ3) is 1.70. The highest BCUT2D eigenvalue weighted by Gasteiger charge is 2.41. The smallest absolute Gasteiger partial charge is 0.256 e. The summed E-state index contributed by atoms with van der Waals surface area (Å²) >= 11 is 10.7. The summed E-state index contributed by atoms with van der Waals surface area (Å²) < 4.78 is 0. The molecule has 78 valence electrons. The van der Waals surface area contributed by atoms with Crippen molar-refractivity contribution in [3.63, 3.8) is 0 Å². The molecule has 1 saturated heterocycles. The van der Waals surface area contributed by atoms with Gasteiger partial charge in [-0.3, -0.25) is 4.79 Å². The first-order valence-corrected chi connectivity index (χ1v) is 5.20. The van der Waals surface area contributed by atoms with Crippen LogP contribution in [0.5, 0.6) is 0 Å². The van der Waals surface area contributed by atoms with Crippen molar-refractivity contribution in [3.8, 4) is 0 Å². The highest BCUT2D eigenvalue weighted by atomic mass is 35.5. The topological polar surface area (TPSA) is 41.1 Å². The van der Waals surface area contributed by atoms with Crippen LogP contribution in [0.25, 0.3) is 0 Å². The molecule has 1 aliphatic rings. The first-order valence-electron chi connectivity index (χ1n) is 4.42. The van der Waals surface area contributed by atoms with Crippen LogP contribution in [0.15, 0.2) is 24.3 Å². The number of hydrogen-bond donors (Lipinski definition) is 2. The van der Waals surface area contributed by atoms with Crippen LogP contribution in [-0.4, -0.2) is 11.0 Å². The monoisotopic (exact) mass is 240 g/mol. The number of hydrogen-bond acceptors (Lipinski definition) is 2. The Morgan fingerprint density at radius 1 is 1.33 bits per heavy atom. The first-order chi connectivity index (χ1) is 7.02. The third-order valence-corrected chi connectivity index (χ3v) is 2.92. The van der Waals surface area contributed by atoms with Crippen molar-refractivity contribution in [2.75, 3.05) is 0 Å². The van der Waals surface area contributed by atoms with Gasteiger partial charge in [0, 0.05) is 5.02 Å². The van der Waals surface area contributed by atoms with E-state index < -0.39 is 5.54 Å². The normalized spacial score (nSPS) is 24.9. The molecule has 0 radical (unpaired) electrons. The summed E-state index contributed by atoms with van der Waals surface area (Å²) in [6, 6.07) is 7.11. The molecule has 1 aromatic rings. The quantitative estimate of drug-likeness (QED) is 0.732. The van der Waals surface area contributed by atoms with E-state index in [1.54, 1.807) is 19.1 Å². The van der Waals surface area contributed by atoms with Gasteiger partial charge in [0.1, 0.15) is 5.54 Å². The predicted molar refractivity (Wildman–Crippen MR) is 62.7 cm³/mol. The van der Waals surface area contributed by atoms with Crippen molar-refractivity contribution in [2.45, 2.75) is 12.5 Å². The molecule has 2 N–H and O–H groups in total. The summed E-state index contributed by atoms with van der Waals surface area (Å²) in [4.78, 5) is 11.7. The lowest BCUT2D eigenvalue weighted by molar-refractivity contribution is -0.123. The molecule has 0 bridgehead atoms. The zero-order valence-electron chi connectivity index (χ0n) is 8.00. The Balaban J connectivity index is 2.41. The van der Waals surface area contributed by atoms with Gasteiger partial charge in [0.25, 0.3) is 5.91 Å². The number of amides is 1. The van der Waals surface area contributed by atoms with Crippen LogP contribution in [-0.2, 0) is 10.3 Å². The van der Waals surface area contributed by atoms with Gasteiger partial charge in [0.2, 0.25) is 0 Å². The zero-order valence-corrected chi connectivity index (χ0v) is 9.58. The fourth-order valence-corrected chi connectivity index (χ4v) is 1.95. The summed E-state index contributed by atoms with van der Waals surface area (Å²) in [7, 11) is 0. The maximum absolute atomic E-state index is 11.7. The summed E-state index contributed by atoms with van der Waals surface area (Å²) in [5, 5.41) is 6.51. The number of thiocarbonyl (C=S) groups is 1. The molecule has 2 rings (SSSR count). The van der Waals surface area contributed by atoms with Crippen molar-refractivity contribution in [1.82, 2.24) is 10.6 Å². The van der Waals surface area contributed by atoms with Gasteiger partial charge in [-0.05, 0) is 36.8 Å². The standard InChI is InChI=1S/C10H9ClN2OS/c1-10(8(14)12-9(15)13-10)6-2-4-7(11)5-3-6/h2-5H,1H3,(H2,12,13,14,15). The van der Waals surface area contributed by atoms with E-state index in [1.807, 2.05) is 12.1 Å². The maximum Gasteiger partial charge on any atom is 0.256 e. The number of benzene rings is 1. The van der Waals surface area contributed by atoms with Crippen LogP contribution in [0, 0.1) is 0 Å². The molecule has 0 aliphatic carbocycles. The summed E-state index contributed by atoms with van der Waals surface area (Å²) in [5.74, 6) is -0.144. The molecule has 3 nitrogen and oxygen atoms in total. The zero-order chi connectivity index (χ0) is 11.1. The molecule has 5 heteroatoms. The maximum atomic E-state index is 11.7. The van der Waals surface area contributed by atoms with Gasteiger partial charge in [0.05, 0.1) is 0 Å². The Hall–Kier alpha value is -1.13. The second-order valence-electron chi connectivity index (χ2n) is 3.54. The molecule has 1 unspecified atom stereocenters. The van der Waals surface area contributed by atoms with E-state index in [0.717, 1.165) is 5.56 Å². The Morgan fingerprint density at radius 3 is 2.40 bits per heavy atom. The second kappa shape index (κ2) is 3.47. The Bertz CT molecular complexity index is 432. The predicted octanol–water partition coefficient (Wildman–Crippen LogP) is 1.56. The highest BCUT2D eigenvalue weighted by Crippen LogP contribution is 2.25. The molecular formula is C10H9ClN2OS. The largest absolute Gasteiger partial charge is 0.345 e. The molecule has 1 fully saturated rings. The van der Waals surface area contributed by atoms with Gasteiger partial charge >= 0.3 is 0 Å². The van der Waals surface area contributed by atoms with Crippen molar-refractivity contribution in [1.29, 1.82) is 0 Å². The number of carbonyl (C=O) groups excluding carboxylic acids is 1. The Morgan fingerprint density at radius 2 is 1.93 bits per heavy atom. The lowest BCUT2D eigenvalue weighted by Gasteiger charge is -2.21. The van der Waals surface area contributed by atoms with Crippen LogP contribution in [0.3, 0.4) is 0 Å². The van der Waals surface area contributed by atoms with Crippen LogP contribution >= 0.6 is 23.8 Å². The van der Waals surface area contributed by atoms with Gasteiger partial charge in [-0.2, -0.15) is 0 Å². The van der Waals surface area contributed by atoms with Gasteiger partial charge in [-0.15, -0.1) is 0 Å². The second-order valence-corrected chi connectivity index (χ2v) is 4.38. The molecule has 1 aliphatic heterocycles. The number of halogens is 1. The highest BCUT2D eigenvalue weighted by molar-refractivity contribution is 7.80. The minimum atomic E-state index is -0.790. The summed E-state index contributed by atoms with van der Waals surface area (Å²) in [6.45, 7) is 1.78. The van der Waals surface area contributed by atoms with Gasteiger partial charge in [-0.25, -0.2) is 0 Å². The number of carbonyl (C=O) groups is 1. The summed E-state index contributed by atoms with van der Waals surface area (Å²) in [5.41, 5.74) is 0.0473. The minimum Gasteiger partial charge on any atom is -0.345 e. The SMILES string of the molecule is CC1(c2ccc(Cl)cc2)NC(=S)NC1=O. The van der Waals surface area contributed by atoms with E-state index in [9.17, 15) is 4.79 Å². The van der Waals surface area contributed by atoms with Crippen molar-refractivity contribution in [2.24, 2.45) is 0 Å². The first kappa shape index (κ1) is 10.4. The summed E-state index contributed by atoms with van der Waals surface area (Å²) in [6.07, 6.45) is 0. The van der Waals surface area contributed by atoms with E-state index in [4.69, 9.17) is 23.8 Å². The number of nitrogens with one attached hydrogen (secondary N) is 2. The van der Waals surface area contributed by atoms with E-state index in [1.165, 1.54) is 0 Å². The Labute approximate surface area is 97.8 Å². The molecule has 1 amide bonds. The minimum absolute atomic E-state index is 0.144. The van der Waals surface area contributed by atoms with Gasteiger partial charge in [0.15, 0.2) is 5.11 Å². The van der Waals surface area contributed by atoms with Crippen molar-refractivity contribution in [3.05, 3.63) is 34.9 Å². The van der Waals surface area contributed by atoms with Crippen LogP contribution in [0.2, 0.25) is 5.02 Å². The average molecular weight is 241 g/mol. The van der Waals surface area contributed by atoms with Crippen molar-refractivity contribution < 1.29 is 4.79 Å². The molecule has 1 aromatic carbocycles. The average Bonchev–Trinajstić information content (AvgIpc) is 2.42. The molecular weight excluding hydrogens is 232 g/mol. The van der Waals surface area contributed by atoms with Crippen LogP contribution < -0.4 is 10.6 Å². The van der Waals surface area contributed by atoms with E-state index in [0.29, 0.717) is 10.1 Å². The molecule has 0 spiro atoms. The molecule has 1 heterocycles. The van der Waals surface area contributed by atoms with Crippen LogP contribution in [0.1, 0.15) is 12.5 Å². The third-order valence-electron chi connectivity index (χ3n) is 2.47. The van der Waals surface area contributed by atoms with Gasteiger partial charge in [-0.1, -0.05) is 23.7 Å². The van der Waals surface area contributed by atoms with Crippen molar-refractivity contribution >= 4 is 34.8 Å². The fraction of sp³-hybridized carbons (Fsp3) is 0.200. The lowest BCUT2D eigenvalue weighted by atomic mass is 9.92. The van der Waals surface area contributed by atoms with E-state index in [-0.39, 0.29) is 5.91 Å². The van der Waals surface area contributed by atoms with Crippen LogP contribution in [0.4, 0.5) is 0 Å². The number of rotatable bonds is 1. The van der Waals surface area contributed by atoms with E-state index >= 15 is 0 Å². The molecule has 1 atom stereocenters. The fourth-order valence-electron chi connectivity index (χ4n) is 1.53. The Kier molecular flexibility index (Phi) is 2.40. The lowest BCUT2D eigenvalue weighted by Crippen LogP contribution is -2.40. The van der Waals surface area contributed by atoms with E-state index in [2.05, 4.69) is 10.6 Å². The molecule has 0 aromatic heterocycles. The molecule has 15 heavy (non-hydrogen) atoms.